The van der Waals surface area contributed by atoms with E-state index >= 15 is 0 Å². The molecular weight excluding hydrogens is 928 g/mol. The van der Waals surface area contributed by atoms with E-state index in [1.165, 1.54) is 35.1 Å². The van der Waals surface area contributed by atoms with Crippen LogP contribution >= 0.6 is 0 Å². The summed E-state index contributed by atoms with van der Waals surface area (Å²) in [6.07, 6.45) is 16.6. The number of aliphatic hydroxyl groups excluding tert-OH is 1. The number of ether oxygens (including phenoxy) is 4. The Morgan fingerprint density at radius 1 is 0.831 bits per heavy atom. The van der Waals surface area contributed by atoms with E-state index in [2.05, 4.69) is 68.4 Å². The summed E-state index contributed by atoms with van der Waals surface area (Å²) in [7, 11) is -4.99. The van der Waals surface area contributed by atoms with Crippen LogP contribution in [0.2, 0.25) is 0 Å². The van der Waals surface area contributed by atoms with Crippen LogP contribution in [0.3, 0.4) is 0 Å². The second kappa shape index (κ2) is 16.4. The van der Waals surface area contributed by atoms with Gasteiger partial charge in [0.1, 0.15) is 6.10 Å². The number of allylic oxidation sites excluding steroid dienone is 2. The molecule has 14 aliphatic rings. The van der Waals surface area contributed by atoms with Crippen molar-refractivity contribution in [1.29, 1.82) is 0 Å². The summed E-state index contributed by atoms with van der Waals surface area (Å²) in [5.74, 6) is -0.226. The minimum absolute atomic E-state index is 0. The van der Waals surface area contributed by atoms with Crippen LogP contribution in [-0.2, 0) is 33.5 Å². The normalized spacial score (nSPS) is 51.5. The van der Waals surface area contributed by atoms with Crippen LogP contribution in [0.5, 0.6) is 0 Å². The molecule has 6 heterocycles. The summed E-state index contributed by atoms with van der Waals surface area (Å²) in [5.41, 5.74) is 4.51. The van der Waals surface area contributed by atoms with E-state index in [1.54, 1.807) is 5.57 Å². The van der Waals surface area contributed by atoms with E-state index in [-0.39, 0.29) is 81.0 Å². The third kappa shape index (κ3) is 7.02. The summed E-state index contributed by atoms with van der Waals surface area (Å²) in [6.45, 7) is 25.9. The van der Waals surface area contributed by atoms with Crippen LogP contribution < -0.4 is 29.6 Å². The zero-order chi connectivity index (χ0) is 50.0. The summed E-state index contributed by atoms with van der Waals surface area (Å²) in [5, 5.41) is 34.7. The number of hydrogen-bond acceptors (Lipinski definition) is 11. The van der Waals surface area contributed by atoms with E-state index in [4.69, 9.17) is 23.1 Å². The van der Waals surface area contributed by atoms with Crippen molar-refractivity contribution in [3.63, 3.8) is 0 Å². The molecule has 3 N–H and O–H groups in total. The molecule has 6 saturated heterocycles. The third-order valence-corrected chi connectivity index (χ3v) is 25.4. The standard InChI is InChI=1S/C58H88O11S.Na/c1-32(37-14-16-39-35-13-18-45-49(3,4)58(61)46(59)29-56(45,31-66-58)41(35)20-22-52(37,39)9)12-19-47-54(11)28-34(51(7,8)69-54)26-43(67-47)33(2)38-15-17-40-36-27-44(68-70(62,63)64)48-50(5,6)57(60)25-24-55(48,30-65-57)42(36)21-23-53(38,40)10;/h18,32-34,37-40,43-44,46-48,59-61H,12-17,19-31H2,1-11H3,(H,62,63,64);/q;+1/p-1/t32-,33+,34-,37-,38-,39+,40+,43-,44+,46+,47+,48+,52-,53-,54-,55+,56+,57+,58+;/m1./s1. The Hall–Kier alpha value is -0.190. The molecule has 4 saturated carbocycles. The Morgan fingerprint density at radius 3 is 2.15 bits per heavy atom. The molecule has 10 fully saturated rings. The van der Waals surface area contributed by atoms with Gasteiger partial charge in [-0.05, 0) is 176 Å². The van der Waals surface area contributed by atoms with Crippen LogP contribution in [0.4, 0.5) is 0 Å². The molecule has 0 aromatic heterocycles. The Bertz CT molecular complexity index is 2420. The largest absolute Gasteiger partial charge is 1.00 e. The van der Waals surface area contributed by atoms with Crippen molar-refractivity contribution in [2.45, 2.75) is 233 Å². The van der Waals surface area contributed by atoms with Gasteiger partial charge in [0, 0.05) is 34.0 Å². The van der Waals surface area contributed by atoms with Gasteiger partial charge in [-0.15, -0.1) is 0 Å². The van der Waals surface area contributed by atoms with E-state index in [0.717, 1.165) is 70.6 Å². The van der Waals surface area contributed by atoms with Crippen molar-refractivity contribution in [3.05, 3.63) is 33.9 Å². The fourth-order valence-electron chi connectivity index (χ4n) is 21.4. The zero-order valence-electron chi connectivity index (χ0n) is 45.5. The van der Waals surface area contributed by atoms with Crippen LogP contribution in [0.1, 0.15) is 185 Å². The first-order valence-corrected chi connectivity index (χ1v) is 29.4. The van der Waals surface area contributed by atoms with Gasteiger partial charge in [-0.1, -0.05) is 89.3 Å². The summed E-state index contributed by atoms with van der Waals surface area (Å²) in [6, 6.07) is 0. The summed E-state index contributed by atoms with van der Waals surface area (Å²) < 4.78 is 70.3. The zero-order valence-corrected chi connectivity index (χ0v) is 48.3. The molecule has 13 heteroatoms. The second-order valence-electron chi connectivity index (χ2n) is 28.6. The first kappa shape index (κ1) is 52.8. The van der Waals surface area contributed by atoms with Crippen LogP contribution in [0.15, 0.2) is 33.9 Å². The Morgan fingerprint density at radius 2 is 1.49 bits per heavy atom. The quantitative estimate of drug-likeness (QED) is 0.0973. The fraction of sp³-hybridized carbons (Fsp3) is 0.897. The smallest absolute Gasteiger partial charge is 0.726 e. The van der Waals surface area contributed by atoms with Gasteiger partial charge in [-0.25, -0.2) is 8.42 Å². The molecule has 0 amide bonds. The maximum absolute atomic E-state index is 12.4. The van der Waals surface area contributed by atoms with Crippen molar-refractivity contribution in [2.75, 3.05) is 13.2 Å². The van der Waals surface area contributed by atoms with Gasteiger partial charge < -0.3 is 38.8 Å². The molecule has 2 spiro atoms. The SMILES string of the molecule is C[C@@H]([C@H]1CC[C@H]2C3=C(CC[C@]12C)[C@]12CC[C@](O)(OC1)C(C)(C)[C@@H]2[C@@H](OS(=O)(=O)[O-])C3)[C@H]1C[C@@H]2C[C@@](C)(OC2(C)C)[C@H](CC[C@@H](C)[C@H]2CC[C@H]3C4=C(CC[C@]23C)[C@@]23CO[C@@](O)([C@@H](O)C2)C(C)(C)C3=CC4)O1.[Na+]. The van der Waals surface area contributed by atoms with Gasteiger partial charge in [0.05, 0.1) is 42.7 Å². The first-order chi connectivity index (χ1) is 32.5. The molecule has 14 rings (SSSR count). The molecule has 0 aromatic rings. The number of rotatable bonds is 8. The topological polar surface area (TPSA) is 164 Å². The number of aliphatic hydroxyl groups is 3. The average Bonchev–Trinajstić information content (AvgIpc) is 3.85. The number of hydrogen-bond donors (Lipinski definition) is 3. The summed E-state index contributed by atoms with van der Waals surface area (Å²) in [4.78, 5) is 0. The molecular formula is C58H87NaO11S. The Labute approximate surface area is 448 Å². The predicted octanol–water partition coefficient (Wildman–Crippen LogP) is 7.24. The minimum Gasteiger partial charge on any atom is -0.726 e. The molecule has 11 nitrogen and oxygen atoms in total. The molecule has 19 atom stereocenters. The fourth-order valence-corrected chi connectivity index (χ4v) is 21.9. The maximum Gasteiger partial charge on any atom is 1.00 e. The minimum atomic E-state index is -4.99. The van der Waals surface area contributed by atoms with E-state index in [1.807, 2.05) is 13.8 Å². The van der Waals surface area contributed by atoms with Crippen molar-refractivity contribution in [1.82, 2.24) is 0 Å². The molecule has 6 aliphatic heterocycles. The monoisotopic (exact) mass is 1010 g/mol. The van der Waals surface area contributed by atoms with Gasteiger partial charge in [-0.3, -0.25) is 4.18 Å². The second-order valence-corrected chi connectivity index (χ2v) is 29.6. The van der Waals surface area contributed by atoms with Crippen LogP contribution in [0, 0.1) is 79.8 Å². The molecule has 71 heavy (non-hydrogen) atoms. The van der Waals surface area contributed by atoms with Crippen LogP contribution in [-0.4, -0.2) is 88.7 Å². The van der Waals surface area contributed by atoms with Crippen molar-refractivity contribution in [3.8, 4) is 0 Å². The molecule has 8 aliphatic carbocycles. The number of fused-ring (bicyclic) bond motifs is 10. The van der Waals surface area contributed by atoms with Gasteiger partial charge in [0.2, 0.25) is 16.2 Å². The molecule has 6 bridgehead atoms. The molecule has 0 aromatic carbocycles. The average molecular weight is 1020 g/mol. The van der Waals surface area contributed by atoms with E-state index in [0.29, 0.717) is 74.4 Å². The van der Waals surface area contributed by atoms with Gasteiger partial charge in [0.25, 0.3) is 0 Å². The Balaban J connectivity index is 0.00000547. The molecule has 392 valence electrons. The summed E-state index contributed by atoms with van der Waals surface area (Å²) >= 11 is 0. The third-order valence-electron chi connectivity index (χ3n) is 24.9. The van der Waals surface area contributed by atoms with Crippen LogP contribution in [0.25, 0.3) is 0 Å². The van der Waals surface area contributed by atoms with E-state index < -0.39 is 50.4 Å². The van der Waals surface area contributed by atoms with Gasteiger partial charge in [-0.2, -0.15) is 0 Å². The van der Waals surface area contributed by atoms with Gasteiger partial charge in [0.15, 0.2) is 5.79 Å². The first-order valence-electron chi connectivity index (χ1n) is 28.1. The van der Waals surface area contributed by atoms with Crippen molar-refractivity contribution < 1.29 is 81.0 Å². The molecule has 0 unspecified atom stereocenters. The predicted molar refractivity (Wildman–Crippen MR) is 263 cm³/mol. The maximum atomic E-state index is 12.4. The van der Waals surface area contributed by atoms with Crippen molar-refractivity contribution in [2.24, 2.45) is 79.8 Å². The molecule has 0 radical (unpaired) electrons. The van der Waals surface area contributed by atoms with Gasteiger partial charge >= 0.3 is 29.6 Å². The van der Waals surface area contributed by atoms with Crippen molar-refractivity contribution >= 4 is 10.4 Å². The van der Waals surface area contributed by atoms with E-state index in [9.17, 15) is 28.3 Å². The Kier molecular flexibility index (Phi) is 12.2.